The van der Waals surface area contributed by atoms with E-state index in [1.807, 2.05) is 19.1 Å². The van der Waals surface area contributed by atoms with Crippen LogP contribution < -0.4 is 15.4 Å². The van der Waals surface area contributed by atoms with Crippen LogP contribution in [-0.2, 0) is 9.59 Å². The average Bonchev–Trinajstić information content (AvgIpc) is 3.43. The zero-order valence-electron chi connectivity index (χ0n) is 15.5. The van der Waals surface area contributed by atoms with Gasteiger partial charge in [-0.1, -0.05) is 6.07 Å². The molecule has 1 aliphatic carbocycles. The standard InChI is InChI=1S/C21H22N2O4/c1-12-4-9-19(27-3)18(10-12)23-21(26)17-11-16(17)20(25)22-15-7-5-14(6-8-15)13(2)24/h4-10,16-17H,11H2,1-3H3,(H,22,25)(H,23,26). The molecule has 0 heterocycles. The van der Waals surface area contributed by atoms with Crippen molar-refractivity contribution >= 4 is 29.0 Å². The third-order valence-corrected chi connectivity index (χ3v) is 4.64. The fraction of sp³-hybridized carbons (Fsp3) is 0.286. The Balaban J connectivity index is 1.58. The van der Waals surface area contributed by atoms with Crippen LogP contribution in [0.5, 0.6) is 5.75 Å². The highest BCUT2D eigenvalue weighted by Crippen LogP contribution is 2.41. The topological polar surface area (TPSA) is 84.5 Å². The van der Waals surface area contributed by atoms with Crippen LogP contribution in [0.15, 0.2) is 42.5 Å². The Kier molecular flexibility index (Phi) is 5.26. The minimum Gasteiger partial charge on any atom is -0.495 e. The van der Waals surface area contributed by atoms with Crippen molar-refractivity contribution in [2.75, 3.05) is 17.7 Å². The summed E-state index contributed by atoms with van der Waals surface area (Å²) in [6.45, 7) is 3.42. The van der Waals surface area contributed by atoms with Gasteiger partial charge in [-0.3, -0.25) is 14.4 Å². The van der Waals surface area contributed by atoms with Crippen molar-refractivity contribution in [2.45, 2.75) is 20.3 Å². The number of benzene rings is 2. The second-order valence-electron chi connectivity index (χ2n) is 6.76. The molecule has 6 heteroatoms. The van der Waals surface area contributed by atoms with Crippen molar-refractivity contribution in [3.8, 4) is 5.75 Å². The maximum Gasteiger partial charge on any atom is 0.228 e. The van der Waals surface area contributed by atoms with Crippen molar-refractivity contribution in [2.24, 2.45) is 11.8 Å². The molecule has 0 aromatic heterocycles. The summed E-state index contributed by atoms with van der Waals surface area (Å²) in [7, 11) is 1.55. The molecule has 6 nitrogen and oxygen atoms in total. The Bertz CT molecular complexity index is 890. The molecule has 140 valence electrons. The molecule has 27 heavy (non-hydrogen) atoms. The Labute approximate surface area is 157 Å². The minimum absolute atomic E-state index is 0.0293. The van der Waals surface area contributed by atoms with E-state index in [9.17, 15) is 14.4 Å². The largest absolute Gasteiger partial charge is 0.495 e. The molecule has 1 saturated carbocycles. The van der Waals surface area contributed by atoms with Crippen LogP contribution in [0.2, 0.25) is 0 Å². The highest BCUT2D eigenvalue weighted by Gasteiger charge is 2.48. The van der Waals surface area contributed by atoms with Gasteiger partial charge in [0, 0.05) is 11.3 Å². The molecule has 1 fully saturated rings. The molecule has 2 atom stereocenters. The van der Waals surface area contributed by atoms with E-state index in [-0.39, 0.29) is 29.4 Å². The third-order valence-electron chi connectivity index (χ3n) is 4.64. The van der Waals surface area contributed by atoms with E-state index >= 15 is 0 Å². The van der Waals surface area contributed by atoms with Gasteiger partial charge in [-0.2, -0.15) is 0 Å². The molecule has 0 spiro atoms. The molecule has 0 radical (unpaired) electrons. The summed E-state index contributed by atoms with van der Waals surface area (Å²) in [6.07, 6.45) is 0.511. The van der Waals surface area contributed by atoms with Gasteiger partial charge in [0.15, 0.2) is 5.78 Å². The zero-order valence-corrected chi connectivity index (χ0v) is 15.5. The van der Waals surface area contributed by atoms with Gasteiger partial charge >= 0.3 is 0 Å². The first-order valence-electron chi connectivity index (χ1n) is 8.76. The number of aryl methyl sites for hydroxylation is 1. The first-order valence-corrected chi connectivity index (χ1v) is 8.76. The lowest BCUT2D eigenvalue weighted by atomic mass is 10.1. The van der Waals surface area contributed by atoms with Crippen molar-refractivity contribution < 1.29 is 19.1 Å². The quantitative estimate of drug-likeness (QED) is 0.767. The van der Waals surface area contributed by atoms with E-state index in [4.69, 9.17) is 4.74 Å². The van der Waals surface area contributed by atoms with Crippen molar-refractivity contribution in [1.82, 2.24) is 0 Å². The van der Waals surface area contributed by atoms with E-state index in [0.29, 0.717) is 29.1 Å². The SMILES string of the molecule is COc1ccc(C)cc1NC(=O)C1CC1C(=O)Nc1ccc(C(C)=O)cc1. The fourth-order valence-electron chi connectivity index (χ4n) is 2.94. The predicted molar refractivity (Wildman–Crippen MR) is 103 cm³/mol. The van der Waals surface area contributed by atoms with E-state index < -0.39 is 0 Å². The highest BCUT2D eigenvalue weighted by atomic mass is 16.5. The van der Waals surface area contributed by atoms with Crippen LogP contribution in [0.4, 0.5) is 11.4 Å². The molecule has 2 N–H and O–H groups in total. The van der Waals surface area contributed by atoms with Crippen LogP contribution in [-0.4, -0.2) is 24.7 Å². The number of rotatable bonds is 6. The Morgan fingerprint density at radius 3 is 2.19 bits per heavy atom. The number of amides is 2. The molecular formula is C21H22N2O4. The van der Waals surface area contributed by atoms with Gasteiger partial charge < -0.3 is 15.4 Å². The summed E-state index contributed by atoms with van der Waals surface area (Å²) >= 11 is 0. The van der Waals surface area contributed by atoms with E-state index in [0.717, 1.165) is 5.56 Å². The Hall–Kier alpha value is -3.15. The van der Waals surface area contributed by atoms with Gasteiger partial charge in [0.25, 0.3) is 0 Å². The van der Waals surface area contributed by atoms with Crippen molar-refractivity contribution in [3.63, 3.8) is 0 Å². The second kappa shape index (κ2) is 7.61. The number of anilines is 2. The number of Topliss-reactive ketones (excluding diaryl/α,β-unsaturated/α-hetero) is 1. The molecule has 0 saturated heterocycles. The molecule has 1 aliphatic rings. The summed E-state index contributed by atoms with van der Waals surface area (Å²) in [5.74, 6) is -0.535. The summed E-state index contributed by atoms with van der Waals surface area (Å²) < 4.78 is 5.26. The maximum absolute atomic E-state index is 12.5. The van der Waals surface area contributed by atoms with E-state index in [2.05, 4.69) is 10.6 Å². The molecule has 0 aliphatic heterocycles. The van der Waals surface area contributed by atoms with E-state index in [1.165, 1.54) is 6.92 Å². The number of ether oxygens (including phenoxy) is 1. The lowest BCUT2D eigenvalue weighted by Gasteiger charge is -2.11. The van der Waals surface area contributed by atoms with Crippen LogP contribution in [0.3, 0.4) is 0 Å². The fourth-order valence-corrected chi connectivity index (χ4v) is 2.94. The lowest BCUT2D eigenvalue weighted by Crippen LogP contribution is -2.20. The minimum atomic E-state index is -0.355. The number of nitrogens with one attached hydrogen (secondary N) is 2. The zero-order chi connectivity index (χ0) is 19.6. The van der Waals surface area contributed by atoms with Gasteiger partial charge in [0.05, 0.1) is 24.6 Å². The van der Waals surface area contributed by atoms with Crippen LogP contribution in [0.1, 0.15) is 29.3 Å². The molecule has 2 unspecified atom stereocenters. The monoisotopic (exact) mass is 366 g/mol. The molecular weight excluding hydrogens is 344 g/mol. The Morgan fingerprint density at radius 2 is 1.59 bits per heavy atom. The number of ketones is 1. The molecule has 2 aromatic rings. The molecule has 2 aromatic carbocycles. The summed E-state index contributed by atoms with van der Waals surface area (Å²) in [5, 5.41) is 5.65. The summed E-state index contributed by atoms with van der Waals surface area (Å²) in [6, 6.07) is 12.2. The lowest BCUT2D eigenvalue weighted by molar-refractivity contribution is -0.122. The first kappa shape index (κ1) is 18.6. The number of carbonyl (C=O) groups excluding carboxylic acids is 3. The molecule has 0 bridgehead atoms. The number of hydrogen-bond acceptors (Lipinski definition) is 4. The third kappa shape index (κ3) is 4.34. The van der Waals surface area contributed by atoms with Crippen LogP contribution in [0, 0.1) is 18.8 Å². The van der Waals surface area contributed by atoms with Gasteiger partial charge in [0.2, 0.25) is 11.8 Å². The maximum atomic E-state index is 12.5. The average molecular weight is 366 g/mol. The highest BCUT2D eigenvalue weighted by molar-refractivity contribution is 6.04. The number of carbonyl (C=O) groups is 3. The second-order valence-corrected chi connectivity index (χ2v) is 6.76. The van der Waals surface area contributed by atoms with Gasteiger partial charge in [0.1, 0.15) is 5.75 Å². The molecule has 3 rings (SSSR count). The van der Waals surface area contributed by atoms with Crippen molar-refractivity contribution in [1.29, 1.82) is 0 Å². The predicted octanol–water partition coefficient (Wildman–Crippen LogP) is 3.42. The number of methoxy groups -OCH3 is 1. The van der Waals surface area contributed by atoms with Crippen LogP contribution in [0.25, 0.3) is 0 Å². The Morgan fingerprint density at radius 1 is 0.963 bits per heavy atom. The van der Waals surface area contributed by atoms with Gasteiger partial charge in [-0.05, 0) is 62.2 Å². The van der Waals surface area contributed by atoms with E-state index in [1.54, 1.807) is 37.4 Å². The summed E-state index contributed by atoms with van der Waals surface area (Å²) in [4.78, 5) is 36.1. The van der Waals surface area contributed by atoms with Crippen LogP contribution >= 0.6 is 0 Å². The number of hydrogen-bond donors (Lipinski definition) is 2. The summed E-state index contributed by atoms with van der Waals surface area (Å²) in [5.41, 5.74) is 2.80. The normalized spacial score (nSPS) is 17.7. The first-order chi connectivity index (χ1) is 12.9. The van der Waals surface area contributed by atoms with Gasteiger partial charge in [-0.15, -0.1) is 0 Å². The van der Waals surface area contributed by atoms with Gasteiger partial charge in [-0.25, -0.2) is 0 Å². The van der Waals surface area contributed by atoms with Crippen molar-refractivity contribution in [3.05, 3.63) is 53.6 Å². The smallest absolute Gasteiger partial charge is 0.228 e. The molecule has 2 amide bonds.